The molecule has 3 rings (SSSR count). The van der Waals surface area contributed by atoms with Crippen molar-refractivity contribution in [1.29, 1.82) is 0 Å². The van der Waals surface area contributed by atoms with E-state index in [-0.39, 0.29) is 11.5 Å². The van der Waals surface area contributed by atoms with Gasteiger partial charge >= 0.3 is 0 Å². The number of fused-ring (bicyclic) bond motifs is 1. The van der Waals surface area contributed by atoms with Gasteiger partial charge in [-0.2, -0.15) is 0 Å². The van der Waals surface area contributed by atoms with Crippen LogP contribution in [0.25, 0.3) is 0 Å². The minimum Gasteiger partial charge on any atom is -0.393 e. The van der Waals surface area contributed by atoms with E-state index in [1.54, 1.807) is 0 Å². The van der Waals surface area contributed by atoms with E-state index in [2.05, 4.69) is 32.6 Å². The van der Waals surface area contributed by atoms with Crippen molar-refractivity contribution in [1.82, 2.24) is 0 Å². The van der Waals surface area contributed by atoms with Crippen molar-refractivity contribution in [3.63, 3.8) is 0 Å². The lowest BCUT2D eigenvalue weighted by Crippen LogP contribution is -2.38. The van der Waals surface area contributed by atoms with Crippen LogP contribution in [-0.4, -0.2) is 46.3 Å². The quantitative estimate of drug-likeness (QED) is 0.494. The summed E-state index contributed by atoms with van der Waals surface area (Å²) in [6, 6.07) is 0. The van der Waals surface area contributed by atoms with Gasteiger partial charge in [0.2, 0.25) is 0 Å². The van der Waals surface area contributed by atoms with Crippen molar-refractivity contribution in [2.45, 2.75) is 109 Å². The first-order chi connectivity index (χ1) is 15.0. The summed E-state index contributed by atoms with van der Waals surface area (Å²) in [5.41, 5.74) is 2.81. The van der Waals surface area contributed by atoms with E-state index < -0.39 is 17.8 Å². The van der Waals surface area contributed by atoms with Crippen LogP contribution in [0.5, 0.6) is 0 Å². The van der Waals surface area contributed by atoms with E-state index in [1.165, 1.54) is 18.4 Å². The highest BCUT2D eigenvalue weighted by Crippen LogP contribution is 2.60. The molecule has 0 heterocycles. The Morgan fingerprint density at radius 2 is 1.97 bits per heavy atom. The molecule has 3 saturated carbocycles. The highest BCUT2D eigenvalue weighted by atomic mass is 16.5. The monoisotopic (exact) mass is 446 g/mol. The fraction of sp³-hybridized carbons (Fsp3) is 0.786. The molecule has 0 spiro atoms. The van der Waals surface area contributed by atoms with Crippen molar-refractivity contribution >= 4 is 0 Å². The number of rotatable bonds is 7. The lowest BCUT2D eigenvalue weighted by molar-refractivity contribution is 0.0371. The van der Waals surface area contributed by atoms with Gasteiger partial charge in [-0.3, -0.25) is 0 Å². The van der Waals surface area contributed by atoms with Gasteiger partial charge in [0.05, 0.1) is 23.9 Å². The SMILES string of the molecule is C=C1/C(=C\C=C2/CCC[C@]3(C)[C@@H]([C@H](C)CCCC(C)(C)O)C[C@H](OC)[C@@H]23)C[C@@H](O)C[C@@H]1O. The Morgan fingerprint density at radius 1 is 1.25 bits per heavy atom. The fourth-order valence-corrected chi connectivity index (χ4v) is 6.97. The molecular weight excluding hydrogens is 400 g/mol. The highest BCUT2D eigenvalue weighted by Gasteiger charge is 2.55. The number of aliphatic hydroxyl groups is 3. The molecule has 0 aromatic heterocycles. The third kappa shape index (κ3) is 5.58. The first-order valence-electron chi connectivity index (χ1n) is 12.7. The maximum atomic E-state index is 10.2. The molecule has 4 heteroatoms. The van der Waals surface area contributed by atoms with Crippen LogP contribution in [0.1, 0.15) is 85.5 Å². The van der Waals surface area contributed by atoms with Crippen molar-refractivity contribution in [2.75, 3.05) is 7.11 Å². The minimum absolute atomic E-state index is 0.222. The summed E-state index contributed by atoms with van der Waals surface area (Å²) < 4.78 is 6.06. The summed E-state index contributed by atoms with van der Waals surface area (Å²) in [6.07, 6.45) is 12.0. The molecule has 182 valence electrons. The smallest absolute Gasteiger partial charge is 0.0811 e. The van der Waals surface area contributed by atoms with Crippen molar-refractivity contribution in [2.24, 2.45) is 23.2 Å². The van der Waals surface area contributed by atoms with E-state index in [4.69, 9.17) is 4.74 Å². The summed E-state index contributed by atoms with van der Waals surface area (Å²) >= 11 is 0. The van der Waals surface area contributed by atoms with Gasteiger partial charge in [0.15, 0.2) is 0 Å². The van der Waals surface area contributed by atoms with Gasteiger partial charge in [0, 0.05) is 19.4 Å². The Kier molecular flexibility index (Phi) is 8.13. The average molecular weight is 447 g/mol. The van der Waals surface area contributed by atoms with Crippen LogP contribution in [-0.2, 0) is 4.74 Å². The first-order valence-corrected chi connectivity index (χ1v) is 12.7. The second-order valence-corrected chi connectivity index (χ2v) is 11.7. The van der Waals surface area contributed by atoms with E-state index >= 15 is 0 Å². The average Bonchev–Trinajstić information content (AvgIpc) is 3.01. The van der Waals surface area contributed by atoms with Crippen LogP contribution in [0.15, 0.2) is 35.5 Å². The molecule has 0 radical (unpaired) electrons. The standard InChI is InChI=1S/C28H46O4/c1-18(9-7-13-27(3,4)31)23-17-25(32-6)26-20(10-8-14-28(23,26)5)11-12-21-15-22(29)16-24(30)19(21)2/h11-12,18,22-26,29-31H,2,7-10,13-17H2,1,3-6H3/b20-11+,21-12-/t18-,22-,23-,24+,25+,26-,28-/m1/s1. The van der Waals surface area contributed by atoms with E-state index in [0.717, 1.165) is 43.3 Å². The minimum atomic E-state index is -0.646. The van der Waals surface area contributed by atoms with Gasteiger partial charge in [-0.05, 0) is 80.8 Å². The molecule has 3 aliphatic rings. The number of ether oxygens (including phenoxy) is 1. The molecule has 7 atom stereocenters. The largest absolute Gasteiger partial charge is 0.393 e. The van der Waals surface area contributed by atoms with Crippen LogP contribution < -0.4 is 0 Å². The summed E-state index contributed by atoms with van der Waals surface area (Å²) in [5.74, 6) is 1.63. The van der Waals surface area contributed by atoms with Crippen LogP contribution >= 0.6 is 0 Å². The fourth-order valence-electron chi connectivity index (χ4n) is 6.97. The van der Waals surface area contributed by atoms with Gasteiger partial charge in [-0.25, -0.2) is 0 Å². The molecule has 3 N–H and O–H groups in total. The third-order valence-corrected chi connectivity index (χ3v) is 8.70. The zero-order chi connectivity index (χ0) is 23.7. The molecule has 0 bridgehead atoms. The molecule has 0 aromatic rings. The Labute approximate surface area is 195 Å². The van der Waals surface area contributed by atoms with Gasteiger partial charge in [-0.15, -0.1) is 0 Å². The summed E-state index contributed by atoms with van der Waals surface area (Å²) in [6.45, 7) is 12.7. The molecule has 0 saturated heterocycles. The second-order valence-electron chi connectivity index (χ2n) is 11.7. The van der Waals surface area contributed by atoms with Gasteiger partial charge in [-0.1, -0.05) is 51.0 Å². The Morgan fingerprint density at radius 3 is 2.62 bits per heavy atom. The van der Waals surface area contributed by atoms with Gasteiger partial charge < -0.3 is 20.1 Å². The lowest BCUT2D eigenvalue weighted by atomic mass is 9.60. The van der Waals surface area contributed by atoms with Crippen LogP contribution in [0.3, 0.4) is 0 Å². The third-order valence-electron chi connectivity index (χ3n) is 8.70. The number of hydrogen-bond donors (Lipinski definition) is 3. The zero-order valence-electron chi connectivity index (χ0n) is 20.9. The summed E-state index contributed by atoms with van der Waals surface area (Å²) in [5, 5.41) is 30.4. The summed E-state index contributed by atoms with van der Waals surface area (Å²) in [7, 11) is 1.85. The molecule has 3 aliphatic carbocycles. The molecule has 0 amide bonds. The van der Waals surface area contributed by atoms with Crippen molar-refractivity contribution in [3.05, 3.63) is 35.5 Å². The Bertz CT molecular complexity index is 730. The number of allylic oxidation sites excluding steroid dienone is 2. The van der Waals surface area contributed by atoms with Crippen molar-refractivity contribution < 1.29 is 20.1 Å². The lowest BCUT2D eigenvalue weighted by Gasteiger charge is -2.45. The number of methoxy groups -OCH3 is 1. The number of aliphatic hydroxyl groups excluding tert-OH is 2. The van der Waals surface area contributed by atoms with Gasteiger partial charge in [0.25, 0.3) is 0 Å². The van der Waals surface area contributed by atoms with Crippen LogP contribution in [0, 0.1) is 23.2 Å². The molecule has 3 fully saturated rings. The van der Waals surface area contributed by atoms with Crippen molar-refractivity contribution in [3.8, 4) is 0 Å². The molecule has 0 aromatic carbocycles. The van der Waals surface area contributed by atoms with Crippen LogP contribution in [0.2, 0.25) is 0 Å². The Hall–Kier alpha value is -0.940. The molecule has 0 unspecified atom stereocenters. The summed E-state index contributed by atoms with van der Waals surface area (Å²) in [4.78, 5) is 0. The maximum absolute atomic E-state index is 10.2. The predicted octanol–water partition coefficient (Wildman–Crippen LogP) is 5.33. The normalized spacial score (nSPS) is 39.5. The number of hydrogen-bond acceptors (Lipinski definition) is 4. The Balaban J connectivity index is 1.80. The predicted molar refractivity (Wildman–Crippen MR) is 130 cm³/mol. The molecular formula is C28H46O4. The topological polar surface area (TPSA) is 69.9 Å². The van der Waals surface area contributed by atoms with E-state index in [1.807, 2.05) is 21.0 Å². The first kappa shape index (κ1) is 25.7. The van der Waals surface area contributed by atoms with Crippen LogP contribution in [0.4, 0.5) is 0 Å². The molecule has 32 heavy (non-hydrogen) atoms. The van der Waals surface area contributed by atoms with E-state index in [9.17, 15) is 15.3 Å². The second kappa shape index (κ2) is 10.1. The maximum Gasteiger partial charge on any atom is 0.0811 e. The molecule has 0 aliphatic heterocycles. The van der Waals surface area contributed by atoms with Gasteiger partial charge in [0.1, 0.15) is 0 Å². The van der Waals surface area contributed by atoms with E-state index in [0.29, 0.717) is 30.6 Å². The molecule has 4 nitrogen and oxygen atoms in total. The zero-order valence-corrected chi connectivity index (χ0v) is 20.9. The highest BCUT2D eigenvalue weighted by molar-refractivity contribution is 5.39.